The normalized spacial score (nSPS) is 18.6. The van der Waals surface area contributed by atoms with Gasteiger partial charge in [-0.15, -0.1) is 11.3 Å². The highest BCUT2D eigenvalue weighted by Crippen LogP contribution is 2.24. The van der Waals surface area contributed by atoms with Crippen molar-refractivity contribution in [3.05, 3.63) is 46.7 Å². The fourth-order valence-electron chi connectivity index (χ4n) is 3.14. The van der Waals surface area contributed by atoms with Crippen molar-refractivity contribution in [1.82, 2.24) is 4.31 Å². The van der Waals surface area contributed by atoms with Crippen LogP contribution in [0.1, 0.15) is 31.1 Å². The zero-order valence-corrected chi connectivity index (χ0v) is 16.5. The number of carbonyl (C=O) groups excluding carboxylic acids is 1. The largest absolute Gasteiger partial charge is 0.326 e. The summed E-state index contributed by atoms with van der Waals surface area (Å²) in [4.78, 5) is 13.5. The molecule has 1 aromatic carbocycles. The number of carbonyl (C=O) groups is 1. The molecule has 0 bridgehead atoms. The van der Waals surface area contributed by atoms with Crippen LogP contribution in [0.25, 0.3) is 0 Å². The minimum atomic E-state index is -3.46. The van der Waals surface area contributed by atoms with Crippen LogP contribution in [0.15, 0.2) is 46.7 Å². The van der Waals surface area contributed by atoms with Crippen molar-refractivity contribution < 1.29 is 13.2 Å². The Morgan fingerprint density at radius 1 is 1.27 bits per heavy atom. The van der Waals surface area contributed by atoms with Gasteiger partial charge in [-0.25, -0.2) is 8.42 Å². The van der Waals surface area contributed by atoms with Gasteiger partial charge in [0, 0.05) is 30.1 Å². The molecule has 1 aromatic heterocycles. The molecule has 26 heavy (non-hydrogen) atoms. The number of rotatable bonds is 6. The van der Waals surface area contributed by atoms with Gasteiger partial charge in [0.15, 0.2) is 0 Å². The van der Waals surface area contributed by atoms with E-state index in [0.29, 0.717) is 37.5 Å². The van der Waals surface area contributed by atoms with Crippen molar-refractivity contribution in [1.29, 1.82) is 0 Å². The first-order chi connectivity index (χ1) is 12.4. The summed E-state index contributed by atoms with van der Waals surface area (Å²) in [7, 11) is -3.46. The highest BCUT2D eigenvalue weighted by atomic mass is 32.2. The van der Waals surface area contributed by atoms with Gasteiger partial charge in [0.2, 0.25) is 15.9 Å². The molecule has 0 aliphatic carbocycles. The summed E-state index contributed by atoms with van der Waals surface area (Å²) in [5.74, 6) is 0.319. The van der Waals surface area contributed by atoms with Crippen LogP contribution in [-0.2, 0) is 21.2 Å². The van der Waals surface area contributed by atoms with Crippen molar-refractivity contribution in [2.45, 2.75) is 37.5 Å². The van der Waals surface area contributed by atoms with Gasteiger partial charge < -0.3 is 5.32 Å². The summed E-state index contributed by atoms with van der Waals surface area (Å²) in [5.41, 5.74) is 0.618. The zero-order chi connectivity index (χ0) is 18.6. The lowest BCUT2D eigenvalue weighted by Crippen LogP contribution is -2.39. The molecule has 1 fully saturated rings. The number of hydrogen-bond acceptors (Lipinski definition) is 4. The lowest BCUT2D eigenvalue weighted by Gasteiger charge is -2.30. The summed E-state index contributed by atoms with van der Waals surface area (Å²) in [6, 6.07) is 10.4. The van der Waals surface area contributed by atoms with E-state index < -0.39 is 10.0 Å². The maximum atomic E-state index is 12.7. The van der Waals surface area contributed by atoms with E-state index in [1.807, 2.05) is 17.5 Å². The molecule has 1 amide bonds. The minimum absolute atomic E-state index is 0.0705. The number of aryl methyl sites for hydroxylation is 1. The minimum Gasteiger partial charge on any atom is -0.326 e. The van der Waals surface area contributed by atoms with Crippen LogP contribution in [0, 0.1) is 5.92 Å². The predicted octanol–water partition coefficient (Wildman–Crippen LogP) is 3.74. The second kappa shape index (κ2) is 8.33. The van der Waals surface area contributed by atoms with E-state index in [2.05, 4.69) is 12.2 Å². The van der Waals surface area contributed by atoms with Crippen molar-refractivity contribution in [3.63, 3.8) is 0 Å². The highest BCUT2D eigenvalue weighted by molar-refractivity contribution is 7.89. The molecule has 0 radical (unpaired) electrons. The number of nitrogens with zero attached hydrogens (tertiary/aromatic N) is 1. The van der Waals surface area contributed by atoms with Crippen LogP contribution in [0.3, 0.4) is 0 Å². The van der Waals surface area contributed by atoms with Gasteiger partial charge in [0.05, 0.1) is 4.90 Å². The van der Waals surface area contributed by atoms with Gasteiger partial charge in [0.25, 0.3) is 0 Å². The Hall–Kier alpha value is -1.70. The first-order valence-corrected chi connectivity index (χ1v) is 11.2. The summed E-state index contributed by atoms with van der Waals surface area (Å²) in [5, 5.41) is 4.82. The van der Waals surface area contributed by atoms with E-state index in [1.54, 1.807) is 39.9 Å². The van der Waals surface area contributed by atoms with Crippen LogP contribution >= 0.6 is 11.3 Å². The van der Waals surface area contributed by atoms with Crippen LogP contribution < -0.4 is 5.32 Å². The monoisotopic (exact) mass is 392 g/mol. The molecule has 1 unspecified atom stereocenters. The van der Waals surface area contributed by atoms with Gasteiger partial charge in [-0.3, -0.25) is 4.79 Å². The lowest BCUT2D eigenvalue weighted by molar-refractivity contribution is -0.116. The maximum absolute atomic E-state index is 12.7. The van der Waals surface area contributed by atoms with Crippen molar-refractivity contribution in [3.8, 4) is 0 Å². The number of sulfonamides is 1. The summed E-state index contributed by atoms with van der Waals surface area (Å²) in [6.45, 7) is 3.23. The maximum Gasteiger partial charge on any atom is 0.243 e. The van der Waals surface area contributed by atoms with E-state index in [-0.39, 0.29) is 10.8 Å². The SMILES string of the molecule is CC1CCCN(S(=O)(=O)c2ccc(NC(=O)CCc3cccs3)cc2)C1. The Morgan fingerprint density at radius 2 is 2.04 bits per heavy atom. The van der Waals surface area contributed by atoms with Crippen LogP contribution in [0.5, 0.6) is 0 Å². The van der Waals surface area contributed by atoms with Crippen LogP contribution in [-0.4, -0.2) is 31.7 Å². The molecule has 7 heteroatoms. The molecule has 1 saturated heterocycles. The van der Waals surface area contributed by atoms with Gasteiger partial charge >= 0.3 is 0 Å². The van der Waals surface area contributed by atoms with Crippen molar-refractivity contribution in [2.75, 3.05) is 18.4 Å². The number of anilines is 1. The number of benzene rings is 1. The molecular formula is C19H24N2O3S2. The summed E-state index contributed by atoms with van der Waals surface area (Å²) in [6.07, 6.45) is 3.09. The fraction of sp³-hybridized carbons (Fsp3) is 0.421. The Balaban J connectivity index is 1.59. The highest BCUT2D eigenvalue weighted by Gasteiger charge is 2.28. The predicted molar refractivity (Wildman–Crippen MR) is 105 cm³/mol. The number of amides is 1. The zero-order valence-electron chi connectivity index (χ0n) is 14.8. The third-order valence-electron chi connectivity index (χ3n) is 4.57. The second-order valence-corrected chi connectivity index (χ2v) is 9.73. The first kappa shape index (κ1) is 19.1. The molecule has 1 aliphatic heterocycles. The van der Waals surface area contributed by atoms with Crippen molar-refractivity contribution in [2.24, 2.45) is 5.92 Å². The number of thiophene rings is 1. The van der Waals surface area contributed by atoms with Gasteiger partial charge in [-0.1, -0.05) is 13.0 Å². The molecule has 0 spiro atoms. The molecule has 1 N–H and O–H groups in total. The van der Waals surface area contributed by atoms with E-state index in [0.717, 1.165) is 12.8 Å². The number of hydrogen-bond donors (Lipinski definition) is 1. The fourth-order valence-corrected chi connectivity index (χ4v) is 5.45. The average molecular weight is 393 g/mol. The molecule has 1 aliphatic rings. The molecule has 140 valence electrons. The van der Waals surface area contributed by atoms with Crippen molar-refractivity contribution >= 4 is 33.0 Å². The molecule has 5 nitrogen and oxygen atoms in total. The third-order valence-corrected chi connectivity index (χ3v) is 7.39. The molecule has 2 aromatic rings. The Kier molecular flexibility index (Phi) is 6.11. The summed E-state index contributed by atoms with van der Waals surface area (Å²) >= 11 is 1.64. The molecule has 3 rings (SSSR count). The quantitative estimate of drug-likeness (QED) is 0.814. The smallest absolute Gasteiger partial charge is 0.243 e. The Bertz CT molecular complexity index is 830. The lowest BCUT2D eigenvalue weighted by atomic mass is 10.0. The van der Waals surface area contributed by atoms with E-state index in [4.69, 9.17) is 0 Å². The second-order valence-electron chi connectivity index (χ2n) is 6.76. The third kappa shape index (κ3) is 4.72. The standard InChI is InChI=1S/C19H24N2O3S2/c1-15-4-2-12-21(14-15)26(23,24)18-9-6-16(7-10-18)20-19(22)11-8-17-5-3-13-25-17/h3,5-7,9-10,13,15H,2,4,8,11-12,14H2,1H3,(H,20,22). The van der Waals surface area contributed by atoms with Crippen LogP contribution in [0.4, 0.5) is 5.69 Å². The molecule has 0 saturated carbocycles. The molecule has 1 atom stereocenters. The number of nitrogens with one attached hydrogen (secondary N) is 1. The van der Waals surface area contributed by atoms with E-state index in [1.165, 1.54) is 4.88 Å². The Morgan fingerprint density at radius 3 is 2.69 bits per heavy atom. The average Bonchev–Trinajstić information content (AvgIpc) is 3.14. The number of piperidine rings is 1. The Labute approximate surface area is 159 Å². The summed E-state index contributed by atoms with van der Waals surface area (Å²) < 4.78 is 27.0. The van der Waals surface area contributed by atoms with Gasteiger partial charge in [0.1, 0.15) is 0 Å². The van der Waals surface area contributed by atoms with Gasteiger partial charge in [-0.05, 0) is 60.9 Å². The first-order valence-electron chi connectivity index (χ1n) is 8.87. The molecule has 2 heterocycles. The molecular weight excluding hydrogens is 368 g/mol. The van der Waals surface area contributed by atoms with Gasteiger partial charge in [-0.2, -0.15) is 4.31 Å². The van der Waals surface area contributed by atoms with Crippen LogP contribution in [0.2, 0.25) is 0 Å². The van der Waals surface area contributed by atoms with E-state index in [9.17, 15) is 13.2 Å². The van der Waals surface area contributed by atoms with E-state index >= 15 is 0 Å². The topological polar surface area (TPSA) is 66.5 Å².